The number of rotatable bonds is 2. The molecule has 1 aromatic rings. The Balaban J connectivity index is 2.05. The lowest BCUT2D eigenvalue weighted by molar-refractivity contribution is 0.0546. The third kappa shape index (κ3) is 2.84. The summed E-state index contributed by atoms with van der Waals surface area (Å²) in [6, 6.07) is 2.35. The van der Waals surface area contributed by atoms with E-state index in [4.69, 9.17) is 0 Å². The fraction of sp³-hybridized carbons (Fsp3) is 0.583. The van der Waals surface area contributed by atoms with Crippen LogP contribution in [0.2, 0.25) is 0 Å². The molecule has 1 atom stereocenters. The summed E-state index contributed by atoms with van der Waals surface area (Å²) in [6.45, 7) is 4.80. The van der Waals surface area contributed by atoms with Gasteiger partial charge in [0.05, 0.1) is 4.88 Å². The van der Waals surface area contributed by atoms with Gasteiger partial charge in [-0.25, -0.2) is 0 Å². The predicted octanol–water partition coefficient (Wildman–Crippen LogP) is 2.20. The lowest BCUT2D eigenvalue weighted by atomic mass is 10.1. The molecule has 94 valence electrons. The van der Waals surface area contributed by atoms with Crippen molar-refractivity contribution in [3.05, 3.63) is 16.3 Å². The number of nitrogens with zero attached hydrogens (tertiary/aromatic N) is 2. The number of piperazine rings is 1. The molecular formula is C12H18N2OS2. The highest BCUT2D eigenvalue weighted by Crippen LogP contribution is 2.21. The minimum Gasteiger partial charge on any atom is -0.335 e. The number of carbonyl (C=O) groups excluding carboxylic acids is 1. The van der Waals surface area contributed by atoms with Crippen molar-refractivity contribution in [2.24, 2.45) is 0 Å². The molecule has 1 amide bonds. The van der Waals surface area contributed by atoms with E-state index in [0.717, 1.165) is 35.8 Å². The maximum atomic E-state index is 12.3. The van der Waals surface area contributed by atoms with Crippen molar-refractivity contribution in [1.82, 2.24) is 9.80 Å². The summed E-state index contributed by atoms with van der Waals surface area (Å²) in [7, 11) is 2.13. The smallest absolute Gasteiger partial charge is 0.264 e. The number of thiophene rings is 1. The van der Waals surface area contributed by atoms with Gasteiger partial charge in [0.1, 0.15) is 0 Å². The van der Waals surface area contributed by atoms with Crippen LogP contribution < -0.4 is 0 Å². The zero-order chi connectivity index (χ0) is 12.4. The summed E-state index contributed by atoms with van der Waals surface area (Å²) in [5.41, 5.74) is 0. The van der Waals surface area contributed by atoms with Gasteiger partial charge in [-0.1, -0.05) is 6.92 Å². The molecule has 0 N–H and O–H groups in total. The molecule has 0 radical (unpaired) electrons. The molecule has 0 spiro atoms. The summed E-state index contributed by atoms with van der Waals surface area (Å²) in [5.74, 6) is 0.154. The van der Waals surface area contributed by atoms with E-state index in [0.29, 0.717) is 6.04 Å². The minimum absolute atomic E-state index is 0.154. The minimum atomic E-state index is 0.154. The molecule has 1 saturated heterocycles. The Morgan fingerprint density at radius 1 is 1.59 bits per heavy atom. The molecule has 0 saturated carbocycles. The number of hydrogen-bond acceptors (Lipinski definition) is 4. The lowest BCUT2D eigenvalue weighted by Crippen LogP contribution is -2.52. The molecule has 2 heterocycles. The van der Waals surface area contributed by atoms with Gasteiger partial charge in [-0.2, -0.15) is 0 Å². The van der Waals surface area contributed by atoms with E-state index >= 15 is 0 Å². The molecule has 1 fully saturated rings. The molecule has 1 unspecified atom stereocenters. The summed E-state index contributed by atoms with van der Waals surface area (Å²) in [4.78, 5) is 18.2. The summed E-state index contributed by atoms with van der Waals surface area (Å²) < 4.78 is 0. The van der Waals surface area contributed by atoms with Gasteiger partial charge in [0.2, 0.25) is 0 Å². The van der Waals surface area contributed by atoms with Crippen molar-refractivity contribution in [2.45, 2.75) is 24.3 Å². The van der Waals surface area contributed by atoms with Crippen LogP contribution in [0.1, 0.15) is 23.0 Å². The third-order valence-corrected chi connectivity index (χ3v) is 4.68. The first-order valence-corrected chi connectivity index (χ1v) is 7.21. The van der Waals surface area contributed by atoms with Crippen LogP contribution in [-0.2, 0) is 0 Å². The quantitative estimate of drug-likeness (QED) is 0.833. The molecule has 1 aliphatic rings. The highest BCUT2D eigenvalue weighted by atomic mass is 32.1. The first-order chi connectivity index (χ1) is 8.11. The van der Waals surface area contributed by atoms with E-state index in [-0.39, 0.29) is 5.91 Å². The normalized spacial score (nSPS) is 21.8. The highest BCUT2D eigenvalue weighted by molar-refractivity contribution is 7.80. The molecule has 5 heteroatoms. The van der Waals surface area contributed by atoms with Crippen LogP contribution in [0.5, 0.6) is 0 Å². The molecule has 3 nitrogen and oxygen atoms in total. The third-order valence-electron chi connectivity index (χ3n) is 3.33. The van der Waals surface area contributed by atoms with Crippen LogP contribution in [0, 0.1) is 0 Å². The zero-order valence-corrected chi connectivity index (χ0v) is 11.9. The number of amides is 1. The van der Waals surface area contributed by atoms with Crippen molar-refractivity contribution < 1.29 is 4.79 Å². The van der Waals surface area contributed by atoms with E-state index in [1.165, 1.54) is 11.3 Å². The van der Waals surface area contributed by atoms with Crippen LogP contribution in [-0.4, -0.2) is 48.4 Å². The van der Waals surface area contributed by atoms with Crippen molar-refractivity contribution in [1.29, 1.82) is 0 Å². The van der Waals surface area contributed by atoms with E-state index in [2.05, 4.69) is 31.5 Å². The number of likely N-dealkylation sites (N-methyl/N-ethyl adjacent to an activating group) is 1. The lowest BCUT2D eigenvalue weighted by Gasteiger charge is -2.38. The Hall–Kier alpha value is -0.520. The number of thiol groups is 1. The average molecular weight is 270 g/mol. The summed E-state index contributed by atoms with van der Waals surface area (Å²) >= 11 is 5.73. The van der Waals surface area contributed by atoms with Crippen LogP contribution in [0.3, 0.4) is 0 Å². The van der Waals surface area contributed by atoms with Gasteiger partial charge in [0.15, 0.2) is 0 Å². The van der Waals surface area contributed by atoms with Crippen LogP contribution in [0.4, 0.5) is 0 Å². The zero-order valence-electron chi connectivity index (χ0n) is 10.2. The predicted molar refractivity (Wildman–Crippen MR) is 74.2 cm³/mol. The molecule has 0 aliphatic carbocycles. The Kier molecular flexibility index (Phi) is 4.12. The monoisotopic (exact) mass is 270 g/mol. The van der Waals surface area contributed by atoms with E-state index in [1.807, 2.05) is 16.3 Å². The molecule has 2 rings (SSSR count). The Labute approximate surface area is 112 Å². The number of carbonyl (C=O) groups is 1. The molecule has 0 bridgehead atoms. The Bertz CT molecular complexity index is 405. The first kappa shape index (κ1) is 12.9. The van der Waals surface area contributed by atoms with Gasteiger partial charge in [0.25, 0.3) is 5.91 Å². The first-order valence-electron chi connectivity index (χ1n) is 5.88. The molecule has 0 aromatic carbocycles. The summed E-state index contributed by atoms with van der Waals surface area (Å²) in [5, 5.41) is 1.91. The standard InChI is InChI=1S/C12H18N2OS2/c1-3-9-7-14(5-4-13(9)2)12(15)11-6-10(16)8-17-11/h6,8-9,16H,3-5,7H2,1-2H3. The van der Waals surface area contributed by atoms with Crippen molar-refractivity contribution in [3.8, 4) is 0 Å². The largest absolute Gasteiger partial charge is 0.335 e. The van der Waals surface area contributed by atoms with Gasteiger partial charge < -0.3 is 4.90 Å². The second kappa shape index (κ2) is 5.42. The molecule has 1 aromatic heterocycles. The van der Waals surface area contributed by atoms with Crippen LogP contribution >= 0.6 is 24.0 Å². The summed E-state index contributed by atoms with van der Waals surface area (Å²) in [6.07, 6.45) is 1.09. The van der Waals surface area contributed by atoms with Crippen LogP contribution in [0.25, 0.3) is 0 Å². The van der Waals surface area contributed by atoms with Crippen LogP contribution in [0.15, 0.2) is 16.3 Å². The van der Waals surface area contributed by atoms with E-state index in [9.17, 15) is 4.79 Å². The van der Waals surface area contributed by atoms with Crippen molar-refractivity contribution >= 4 is 29.9 Å². The maximum Gasteiger partial charge on any atom is 0.264 e. The fourth-order valence-electron chi connectivity index (χ4n) is 2.17. The Morgan fingerprint density at radius 2 is 2.35 bits per heavy atom. The molecule has 17 heavy (non-hydrogen) atoms. The Morgan fingerprint density at radius 3 is 2.94 bits per heavy atom. The van der Waals surface area contributed by atoms with E-state index in [1.54, 1.807) is 0 Å². The second-order valence-corrected chi connectivity index (χ2v) is 5.89. The second-order valence-electron chi connectivity index (χ2n) is 4.46. The van der Waals surface area contributed by atoms with Gasteiger partial charge in [0, 0.05) is 36.0 Å². The average Bonchev–Trinajstić information content (AvgIpc) is 2.75. The van der Waals surface area contributed by atoms with Crippen molar-refractivity contribution in [3.63, 3.8) is 0 Å². The van der Waals surface area contributed by atoms with E-state index < -0.39 is 0 Å². The SMILES string of the molecule is CCC1CN(C(=O)c2cc(S)cs2)CCN1C. The van der Waals surface area contributed by atoms with Gasteiger partial charge >= 0.3 is 0 Å². The maximum absolute atomic E-state index is 12.3. The van der Waals surface area contributed by atoms with Gasteiger partial charge in [-0.05, 0) is 19.5 Å². The van der Waals surface area contributed by atoms with Crippen molar-refractivity contribution in [2.75, 3.05) is 26.7 Å². The van der Waals surface area contributed by atoms with Gasteiger partial charge in [-0.3, -0.25) is 9.69 Å². The van der Waals surface area contributed by atoms with Gasteiger partial charge in [-0.15, -0.1) is 24.0 Å². The molecular weight excluding hydrogens is 252 g/mol. The highest BCUT2D eigenvalue weighted by Gasteiger charge is 2.27. The number of hydrogen-bond donors (Lipinski definition) is 1. The fourth-order valence-corrected chi connectivity index (χ4v) is 3.28. The topological polar surface area (TPSA) is 23.6 Å². The molecule has 1 aliphatic heterocycles.